The first kappa shape index (κ1) is 19.0. The summed E-state index contributed by atoms with van der Waals surface area (Å²) in [7, 11) is 0. The monoisotopic (exact) mass is 391 g/mol. The zero-order valence-corrected chi connectivity index (χ0v) is 14.3. The van der Waals surface area contributed by atoms with Crippen molar-refractivity contribution in [2.75, 3.05) is 5.75 Å². The van der Waals surface area contributed by atoms with Crippen LogP contribution in [-0.4, -0.2) is 60.0 Å². The van der Waals surface area contributed by atoms with E-state index in [9.17, 15) is 28.5 Å². The van der Waals surface area contributed by atoms with Crippen LogP contribution in [-0.2, 0) is 6.18 Å². The number of nitrogens with zero attached hydrogens (tertiary/aromatic N) is 2. The molecule has 0 aliphatic carbocycles. The van der Waals surface area contributed by atoms with Gasteiger partial charge in [0, 0.05) is 28.8 Å². The van der Waals surface area contributed by atoms with Crippen LogP contribution in [0.5, 0.6) is 5.75 Å². The molecule has 3 heterocycles. The van der Waals surface area contributed by atoms with Crippen molar-refractivity contribution in [1.29, 1.82) is 0 Å². The number of thioether (sulfide) groups is 1. The molecule has 0 aromatic carbocycles. The van der Waals surface area contributed by atoms with Crippen LogP contribution in [0.3, 0.4) is 0 Å². The van der Waals surface area contributed by atoms with Crippen molar-refractivity contribution < 1.29 is 33.2 Å². The Bertz CT molecular complexity index is 786. The average molecular weight is 391 g/mol. The van der Waals surface area contributed by atoms with E-state index in [1.165, 1.54) is 25.4 Å². The molecule has 7 nitrogen and oxygen atoms in total. The van der Waals surface area contributed by atoms with E-state index in [4.69, 9.17) is 4.74 Å². The highest BCUT2D eigenvalue weighted by molar-refractivity contribution is 7.99. The van der Waals surface area contributed by atoms with E-state index in [1.807, 2.05) is 0 Å². The highest BCUT2D eigenvalue weighted by Crippen LogP contribution is 2.38. The lowest BCUT2D eigenvalue weighted by Gasteiger charge is -2.34. The molecule has 0 saturated carbocycles. The van der Waals surface area contributed by atoms with Crippen LogP contribution in [0.4, 0.5) is 13.2 Å². The summed E-state index contributed by atoms with van der Waals surface area (Å²) in [6.07, 6.45) is -5.90. The normalized spacial score (nSPS) is 26.7. The van der Waals surface area contributed by atoms with Gasteiger partial charge < -0.3 is 20.1 Å². The molecule has 4 N–H and O–H groups in total. The molecular formula is C15H16F3N3O4S. The molecule has 4 atom stereocenters. The topological polar surface area (TPSA) is 111 Å². The predicted molar refractivity (Wildman–Crippen MR) is 86.5 cm³/mol. The van der Waals surface area contributed by atoms with Crippen molar-refractivity contribution in [2.24, 2.45) is 0 Å². The third-order valence-corrected chi connectivity index (χ3v) is 5.16. The molecule has 142 valence electrons. The minimum absolute atomic E-state index is 0.122. The van der Waals surface area contributed by atoms with E-state index in [2.05, 4.69) is 15.2 Å². The van der Waals surface area contributed by atoms with Gasteiger partial charge in [-0.15, -0.1) is 11.8 Å². The Morgan fingerprint density at radius 3 is 2.65 bits per heavy atom. The van der Waals surface area contributed by atoms with Crippen molar-refractivity contribution in [3.63, 3.8) is 0 Å². The van der Waals surface area contributed by atoms with Gasteiger partial charge in [-0.3, -0.25) is 10.1 Å². The maximum absolute atomic E-state index is 13.1. The molecule has 1 fully saturated rings. The number of rotatable bonds is 3. The molecule has 1 aliphatic rings. The summed E-state index contributed by atoms with van der Waals surface area (Å²) in [4.78, 5) is 3.89. The fourth-order valence-corrected chi connectivity index (χ4v) is 3.75. The van der Waals surface area contributed by atoms with E-state index in [0.29, 0.717) is 0 Å². The molecule has 0 amide bonds. The summed E-state index contributed by atoms with van der Waals surface area (Å²) < 4.78 is 44.9. The predicted octanol–water partition coefficient (Wildman–Crippen LogP) is 1.33. The Balaban J connectivity index is 1.87. The molecule has 0 radical (unpaired) electrons. The lowest BCUT2D eigenvalue weighted by atomic mass is 10.1. The number of halogens is 3. The first-order valence-corrected chi connectivity index (χ1v) is 8.63. The van der Waals surface area contributed by atoms with E-state index in [1.54, 1.807) is 0 Å². The van der Waals surface area contributed by atoms with E-state index >= 15 is 0 Å². The molecule has 2 aromatic heterocycles. The lowest BCUT2D eigenvalue weighted by molar-refractivity contribution is -0.140. The SMILES string of the molecule is Cc1[nH]nc(C(F)(F)F)c1-c1cncc(O[C@H]2SC[C@@H](O)[C@H](O)[C@H]2O)c1. The summed E-state index contributed by atoms with van der Waals surface area (Å²) >= 11 is 1.08. The fourth-order valence-electron chi connectivity index (χ4n) is 2.62. The van der Waals surface area contributed by atoms with Gasteiger partial charge in [0.2, 0.25) is 0 Å². The van der Waals surface area contributed by atoms with Gasteiger partial charge in [-0.25, -0.2) is 0 Å². The van der Waals surface area contributed by atoms with Crippen LogP contribution in [0.1, 0.15) is 11.4 Å². The first-order valence-electron chi connectivity index (χ1n) is 7.58. The van der Waals surface area contributed by atoms with Gasteiger partial charge in [0.1, 0.15) is 18.0 Å². The Morgan fingerprint density at radius 1 is 1.23 bits per heavy atom. The number of hydrogen-bond acceptors (Lipinski definition) is 7. The quantitative estimate of drug-likeness (QED) is 0.625. The van der Waals surface area contributed by atoms with Crippen LogP contribution in [0, 0.1) is 6.92 Å². The molecule has 26 heavy (non-hydrogen) atoms. The zero-order chi connectivity index (χ0) is 19.1. The molecular weight excluding hydrogens is 375 g/mol. The first-order chi connectivity index (χ1) is 12.2. The number of alkyl halides is 3. The summed E-state index contributed by atoms with van der Waals surface area (Å²) in [6, 6.07) is 1.35. The molecule has 1 aliphatic heterocycles. The number of aryl methyl sites for hydroxylation is 1. The minimum Gasteiger partial charge on any atom is -0.475 e. The summed E-state index contributed by atoms with van der Waals surface area (Å²) in [5, 5.41) is 34.8. The molecule has 0 bridgehead atoms. The number of aliphatic hydroxyl groups excluding tert-OH is 3. The fraction of sp³-hybridized carbons (Fsp3) is 0.467. The van der Waals surface area contributed by atoms with Gasteiger partial charge in [0.25, 0.3) is 0 Å². The van der Waals surface area contributed by atoms with Gasteiger partial charge >= 0.3 is 6.18 Å². The molecule has 0 spiro atoms. The van der Waals surface area contributed by atoms with Crippen molar-refractivity contribution in [2.45, 2.75) is 36.8 Å². The van der Waals surface area contributed by atoms with Crippen molar-refractivity contribution in [1.82, 2.24) is 15.2 Å². The average Bonchev–Trinajstić information content (AvgIpc) is 2.98. The third kappa shape index (κ3) is 3.65. The number of ether oxygens (including phenoxy) is 1. The van der Waals surface area contributed by atoms with E-state index in [-0.39, 0.29) is 28.3 Å². The minimum atomic E-state index is -4.63. The number of hydrogen-bond donors (Lipinski definition) is 4. The number of aliphatic hydroxyl groups is 3. The summed E-state index contributed by atoms with van der Waals surface area (Å²) in [6.45, 7) is 1.46. The molecule has 2 aromatic rings. The third-order valence-electron chi connectivity index (χ3n) is 3.92. The summed E-state index contributed by atoms with van der Waals surface area (Å²) in [5.41, 5.74) is -1.71. The van der Waals surface area contributed by atoms with E-state index in [0.717, 1.165) is 11.8 Å². The standard InChI is InChI=1S/C15H16F3N3O4S/c1-6-10(13(21-20-6)15(16,17)18)7-2-8(4-19-3-7)25-14-12(24)11(23)9(22)5-26-14/h2-4,9,11-12,14,22-24H,5H2,1H3,(H,20,21)/t9-,11+,12-,14+/m1/s1. The smallest absolute Gasteiger partial charge is 0.435 e. The Hall–Kier alpha value is -1.82. The largest absolute Gasteiger partial charge is 0.475 e. The van der Waals surface area contributed by atoms with Gasteiger partial charge in [-0.2, -0.15) is 18.3 Å². The van der Waals surface area contributed by atoms with Crippen LogP contribution in [0.2, 0.25) is 0 Å². The molecule has 11 heteroatoms. The van der Waals surface area contributed by atoms with Gasteiger partial charge in [0.15, 0.2) is 11.1 Å². The molecule has 0 unspecified atom stereocenters. The Labute approximate surface area is 150 Å². The lowest BCUT2D eigenvalue weighted by Crippen LogP contribution is -2.50. The van der Waals surface area contributed by atoms with Crippen LogP contribution < -0.4 is 4.74 Å². The number of H-pyrrole nitrogens is 1. The van der Waals surface area contributed by atoms with Gasteiger partial charge in [-0.1, -0.05) is 0 Å². The van der Waals surface area contributed by atoms with Gasteiger partial charge in [-0.05, 0) is 13.0 Å². The van der Waals surface area contributed by atoms with Crippen molar-refractivity contribution in [3.05, 3.63) is 29.8 Å². The summed E-state index contributed by atoms with van der Waals surface area (Å²) in [5.74, 6) is 0.270. The van der Waals surface area contributed by atoms with Crippen molar-refractivity contribution in [3.8, 4) is 16.9 Å². The second-order valence-corrected chi connectivity index (χ2v) is 6.98. The van der Waals surface area contributed by atoms with Crippen molar-refractivity contribution >= 4 is 11.8 Å². The molecule has 3 rings (SSSR count). The zero-order valence-electron chi connectivity index (χ0n) is 13.4. The van der Waals surface area contributed by atoms with Crippen LogP contribution in [0.15, 0.2) is 18.5 Å². The second-order valence-electron chi connectivity index (χ2n) is 5.85. The Kier molecular flexibility index (Phi) is 5.15. The number of pyridine rings is 1. The highest BCUT2D eigenvalue weighted by atomic mass is 32.2. The van der Waals surface area contributed by atoms with Crippen LogP contribution >= 0.6 is 11.8 Å². The van der Waals surface area contributed by atoms with E-state index < -0.39 is 35.6 Å². The second kappa shape index (κ2) is 7.06. The maximum Gasteiger partial charge on any atom is 0.435 e. The number of aromatic amines is 1. The Morgan fingerprint density at radius 2 is 1.96 bits per heavy atom. The van der Waals surface area contributed by atoms with Crippen LogP contribution in [0.25, 0.3) is 11.1 Å². The van der Waals surface area contributed by atoms with Gasteiger partial charge in [0.05, 0.1) is 12.3 Å². The maximum atomic E-state index is 13.1. The number of nitrogens with one attached hydrogen (secondary N) is 1. The highest BCUT2D eigenvalue weighted by Gasteiger charge is 2.39. The molecule has 1 saturated heterocycles. The number of aromatic nitrogens is 3.